The van der Waals surface area contributed by atoms with Crippen molar-refractivity contribution in [3.8, 4) is 17.6 Å². The van der Waals surface area contributed by atoms with Gasteiger partial charge in [-0.1, -0.05) is 11.6 Å². The Bertz CT molecular complexity index is 1150. The molecule has 0 aliphatic rings. The summed E-state index contributed by atoms with van der Waals surface area (Å²) in [5.74, 6) is -5.22. The van der Waals surface area contributed by atoms with Crippen LogP contribution in [0.25, 0.3) is 5.76 Å². The molecule has 2 rings (SSSR count). The number of halogens is 4. The number of hydrogen-bond donors (Lipinski definition) is 2. The number of carbonyl (C=O) groups is 1. The number of nitro benzene ring substituents is 1. The van der Waals surface area contributed by atoms with E-state index in [4.69, 9.17) is 11.6 Å². The number of aliphatic hydroxyl groups is 1. The Morgan fingerprint density at radius 1 is 1.38 bits per heavy atom. The molecule has 1 amide bonds. The van der Waals surface area contributed by atoms with Crippen LogP contribution in [0.1, 0.15) is 11.1 Å². The van der Waals surface area contributed by atoms with Crippen LogP contribution < -0.4 is 4.74 Å². The molecule has 0 saturated carbocycles. The second kappa shape index (κ2) is 9.88. The van der Waals surface area contributed by atoms with E-state index in [1.54, 1.807) is 0 Å². The summed E-state index contributed by atoms with van der Waals surface area (Å²) in [6.07, 6.45) is 0. The highest BCUT2D eigenvalue weighted by Crippen LogP contribution is 2.39. The summed E-state index contributed by atoms with van der Waals surface area (Å²) < 4.78 is 43.0. The molecule has 0 bridgehead atoms. The number of nitriles is 1. The molecule has 0 heterocycles. The summed E-state index contributed by atoms with van der Waals surface area (Å²) in [6, 6.07) is 6.15. The summed E-state index contributed by atoms with van der Waals surface area (Å²) in [4.78, 5) is 23.4. The molecule has 13 heteroatoms. The Balaban J connectivity index is 2.50. The highest BCUT2D eigenvalue weighted by Gasteiger charge is 2.27. The van der Waals surface area contributed by atoms with Crippen molar-refractivity contribution in [2.75, 3.05) is 7.05 Å². The van der Waals surface area contributed by atoms with Gasteiger partial charge in [0.05, 0.1) is 4.92 Å². The van der Waals surface area contributed by atoms with E-state index in [-0.39, 0.29) is 17.1 Å². The summed E-state index contributed by atoms with van der Waals surface area (Å²) in [5.41, 5.74) is -2.68. The molecular formula is C19H13ClF3N3O6. The summed E-state index contributed by atoms with van der Waals surface area (Å²) in [5, 5.41) is 40.7. The van der Waals surface area contributed by atoms with Crippen LogP contribution in [0.4, 0.5) is 18.9 Å². The van der Waals surface area contributed by atoms with Crippen molar-refractivity contribution in [1.29, 1.82) is 5.26 Å². The highest BCUT2D eigenvalue weighted by atomic mass is 35.5. The van der Waals surface area contributed by atoms with Gasteiger partial charge in [-0.15, -0.1) is 0 Å². The molecule has 0 atom stereocenters. The number of aliphatic hydroxyl groups excluding tert-OH is 1. The van der Waals surface area contributed by atoms with Crippen molar-refractivity contribution < 1.29 is 37.8 Å². The molecule has 168 valence electrons. The van der Waals surface area contributed by atoms with E-state index in [0.29, 0.717) is 12.1 Å². The predicted octanol–water partition coefficient (Wildman–Crippen LogP) is 4.15. The third-order valence-electron chi connectivity index (χ3n) is 4.07. The first-order valence-corrected chi connectivity index (χ1v) is 8.83. The number of ether oxygens (including phenoxy) is 1. The summed E-state index contributed by atoms with van der Waals surface area (Å²) in [6.45, 7) is -3.84. The lowest BCUT2D eigenvalue weighted by Gasteiger charge is -2.18. The minimum absolute atomic E-state index is 0.00183. The second-order valence-corrected chi connectivity index (χ2v) is 6.65. The predicted molar refractivity (Wildman–Crippen MR) is 104 cm³/mol. The van der Waals surface area contributed by atoms with Crippen LogP contribution >= 0.6 is 11.6 Å². The lowest BCUT2D eigenvalue weighted by molar-refractivity contribution is -0.386. The van der Waals surface area contributed by atoms with Crippen LogP contribution in [-0.2, 0) is 11.3 Å². The Labute approximate surface area is 183 Å². The smallest absolute Gasteiger partial charge is 0.387 e. The number of phenols is 1. The number of carbonyl (C=O) groups excluding carboxylic acids is 1. The number of hydrogen-bond acceptors (Lipinski definition) is 7. The second-order valence-electron chi connectivity index (χ2n) is 6.21. The first-order valence-electron chi connectivity index (χ1n) is 8.45. The van der Waals surface area contributed by atoms with Crippen molar-refractivity contribution in [2.24, 2.45) is 0 Å². The van der Waals surface area contributed by atoms with Gasteiger partial charge in [0.2, 0.25) is 5.75 Å². The van der Waals surface area contributed by atoms with Gasteiger partial charge in [0.25, 0.3) is 5.91 Å². The van der Waals surface area contributed by atoms with E-state index in [9.17, 15) is 43.6 Å². The quantitative estimate of drug-likeness (QED) is 0.203. The van der Waals surface area contributed by atoms with Gasteiger partial charge in [-0.3, -0.25) is 14.9 Å². The number of benzene rings is 2. The normalized spacial score (nSPS) is 11.5. The minimum Gasteiger partial charge on any atom is -0.506 e. The maximum Gasteiger partial charge on any atom is 0.387 e. The molecule has 0 radical (unpaired) electrons. The van der Waals surface area contributed by atoms with Crippen LogP contribution in [-0.4, -0.2) is 39.6 Å². The van der Waals surface area contributed by atoms with Gasteiger partial charge in [-0.25, -0.2) is 4.39 Å². The van der Waals surface area contributed by atoms with Gasteiger partial charge in [-0.05, 0) is 24.3 Å². The number of phenolic OH excluding ortho intramolecular Hbond substituents is 1. The first-order chi connectivity index (χ1) is 15.0. The number of rotatable bonds is 7. The van der Waals surface area contributed by atoms with Gasteiger partial charge in [0.15, 0.2) is 11.3 Å². The average Bonchev–Trinajstić information content (AvgIpc) is 2.71. The van der Waals surface area contributed by atoms with Crippen molar-refractivity contribution >= 4 is 29.0 Å². The van der Waals surface area contributed by atoms with E-state index in [0.717, 1.165) is 11.0 Å². The monoisotopic (exact) mass is 471 g/mol. The maximum absolute atomic E-state index is 13.9. The van der Waals surface area contributed by atoms with E-state index in [1.165, 1.54) is 25.2 Å². The molecule has 0 saturated heterocycles. The van der Waals surface area contributed by atoms with Crippen LogP contribution in [0.3, 0.4) is 0 Å². The van der Waals surface area contributed by atoms with Crippen LogP contribution in [0, 0.1) is 27.3 Å². The van der Waals surface area contributed by atoms with E-state index in [1.807, 2.05) is 0 Å². The fourth-order valence-corrected chi connectivity index (χ4v) is 2.78. The lowest BCUT2D eigenvalue weighted by atomic mass is 10.1. The lowest BCUT2D eigenvalue weighted by Crippen LogP contribution is -2.28. The van der Waals surface area contributed by atoms with Crippen molar-refractivity contribution in [3.05, 3.63) is 68.0 Å². The molecule has 2 aromatic carbocycles. The Morgan fingerprint density at radius 2 is 2.03 bits per heavy atom. The summed E-state index contributed by atoms with van der Waals surface area (Å²) in [7, 11) is 1.18. The van der Waals surface area contributed by atoms with E-state index in [2.05, 4.69) is 4.74 Å². The number of aromatic hydroxyl groups is 1. The zero-order chi connectivity index (χ0) is 24.2. The van der Waals surface area contributed by atoms with E-state index < -0.39 is 57.3 Å². The molecular weight excluding hydrogens is 459 g/mol. The van der Waals surface area contributed by atoms with Crippen molar-refractivity contribution in [1.82, 2.24) is 4.90 Å². The molecule has 0 aliphatic heterocycles. The molecule has 32 heavy (non-hydrogen) atoms. The minimum atomic E-state index is -3.47. The van der Waals surface area contributed by atoms with Crippen molar-refractivity contribution in [3.63, 3.8) is 0 Å². The number of alkyl halides is 2. The third kappa shape index (κ3) is 5.38. The number of nitrogens with zero attached hydrogens (tertiary/aromatic N) is 3. The fourth-order valence-electron chi connectivity index (χ4n) is 2.58. The van der Waals surface area contributed by atoms with Crippen LogP contribution in [0.2, 0.25) is 5.02 Å². The molecule has 0 aliphatic carbocycles. The molecule has 9 nitrogen and oxygen atoms in total. The molecule has 0 spiro atoms. The first kappa shape index (κ1) is 24.3. The Morgan fingerprint density at radius 3 is 2.59 bits per heavy atom. The fraction of sp³-hybridized carbons (Fsp3) is 0.158. The largest absolute Gasteiger partial charge is 0.506 e. The Hall–Kier alpha value is -3.98. The number of amides is 1. The maximum atomic E-state index is 13.9. The zero-order valence-electron chi connectivity index (χ0n) is 16.1. The topological polar surface area (TPSA) is 137 Å². The highest BCUT2D eigenvalue weighted by molar-refractivity contribution is 6.30. The third-order valence-corrected chi connectivity index (χ3v) is 4.30. The number of nitro groups is 1. The molecule has 2 N–H and O–H groups in total. The van der Waals surface area contributed by atoms with Gasteiger partial charge in [0.1, 0.15) is 17.6 Å². The van der Waals surface area contributed by atoms with Crippen LogP contribution in [0.5, 0.6) is 11.5 Å². The Kier molecular flexibility index (Phi) is 7.50. The van der Waals surface area contributed by atoms with Gasteiger partial charge >= 0.3 is 12.3 Å². The zero-order valence-corrected chi connectivity index (χ0v) is 16.8. The van der Waals surface area contributed by atoms with Crippen LogP contribution in [0.15, 0.2) is 35.9 Å². The summed E-state index contributed by atoms with van der Waals surface area (Å²) >= 11 is 5.79. The molecule has 2 aromatic rings. The van der Waals surface area contributed by atoms with E-state index >= 15 is 0 Å². The average molecular weight is 472 g/mol. The van der Waals surface area contributed by atoms with Crippen molar-refractivity contribution in [2.45, 2.75) is 13.2 Å². The molecule has 0 aromatic heterocycles. The number of likely N-dealkylation sites (N-methyl/N-ethyl adjacent to an activating group) is 1. The SMILES string of the molecule is CN(Cc1cc(Cl)ccc1F)C(=O)/C(C#N)=C(\O)c1cc(OC(F)F)c(O)c([N+](=O)[O-])c1. The van der Waals surface area contributed by atoms with Gasteiger partial charge < -0.3 is 19.8 Å². The van der Waals surface area contributed by atoms with Gasteiger partial charge in [-0.2, -0.15) is 14.0 Å². The molecule has 0 fully saturated rings. The standard InChI is InChI=1S/C19H13ClF3N3O6/c1-25(8-10-4-11(20)2-3-13(10)21)18(29)12(7-24)16(27)9-5-14(26(30)31)17(28)15(6-9)32-19(22)23/h2-6,19,27-28H,8H2,1H3/b16-12-. The van der Waals surface area contributed by atoms with Gasteiger partial charge in [0, 0.05) is 35.8 Å². The molecule has 0 unspecified atom stereocenters.